The molecule has 0 amide bonds. The molecule has 2 aromatic rings. The van der Waals surface area contributed by atoms with E-state index >= 15 is 0 Å². The highest BCUT2D eigenvalue weighted by Gasteiger charge is 2.21. The van der Waals surface area contributed by atoms with E-state index in [2.05, 4.69) is 66.8 Å². The van der Waals surface area contributed by atoms with Gasteiger partial charge < -0.3 is 5.32 Å². The average molecular weight is 269 g/mol. The van der Waals surface area contributed by atoms with E-state index < -0.39 is 0 Å². The summed E-state index contributed by atoms with van der Waals surface area (Å²) in [5.74, 6) is 0. The highest BCUT2D eigenvalue weighted by Crippen LogP contribution is 2.36. The molecule has 1 nitrogen and oxygen atoms in total. The molecule has 19 heavy (non-hydrogen) atoms. The lowest BCUT2D eigenvalue weighted by Crippen LogP contribution is -2.27. The predicted octanol–water partition coefficient (Wildman–Crippen LogP) is 4.05. The molecule has 1 aliphatic rings. The summed E-state index contributed by atoms with van der Waals surface area (Å²) < 4.78 is 0. The van der Waals surface area contributed by atoms with E-state index in [1.807, 2.05) is 11.8 Å². The third-order valence-corrected chi connectivity index (χ3v) is 4.98. The van der Waals surface area contributed by atoms with Crippen LogP contribution in [0.15, 0.2) is 59.5 Å². The molecule has 1 aliphatic heterocycles. The van der Waals surface area contributed by atoms with Crippen LogP contribution in [0.2, 0.25) is 0 Å². The van der Waals surface area contributed by atoms with Gasteiger partial charge in [-0.25, -0.2) is 0 Å². The first-order valence-corrected chi connectivity index (χ1v) is 7.74. The number of fused-ring (bicyclic) bond motifs is 1. The van der Waals surface area contributed by atoms with Crippen molar-refractivity contribution in [2.75, 3.05) is 6.54 Å². The smallest absolute Gasteiger partial charge is 0.0292 e. The van der Waals surface area contributed by atoms with Crippen molar-refractivity contribution in [3.8, 4) is 0 Å². The third kappa shape index (κ3) is 3.02. The predicted molar refractivity (Wildman–Crippen MR) is 82.7 cm³/mol. The van der Waals surface area contributed by atoms with Crippen LogP contribution < -0.4 is 5.32 Å². The minimum atomic E-state index is 0.422. The molecular weight excluding hydrogens is 250 g/mol. The van der Waals surface area contributed by atoms with Gasteiger partial charge in [-0.05, 0) is 30.5 Å². The molecule has 0 spiro atoms. The van der Waals surface area contributed by atoms with Crippen LogP contribution in [0.3, 0.4) is 0 Å². The molecule has 0 fully saturated rings. The number of hydrogen-bond donors (Lipinski definition) is 1. The zero-order chi connectivity index (χ0) is 13.1. The van der Waals surface area contributed by atoms with E-state index in [1.54, 1.807) is 0 Å². The second-order valence-corrected chi connectivity index (χ2v) is 6.43. The Morgan fingerprint density at radius 2 is 1.84 bits per heavy atom. The highest BCUT2D eigenvalue weighted by molar-refractivity contribution is 8.00. The van der Waals surface area contributed by atoms with Crippen molar-refractivity contribution in [3.05, 3.63) is 65.7 Å². The molecule has 0 aliphatic carbocycles. The molecule has 0 aromatic heterocycles. The van der Waals surface area contributed by atoms with Gasteiger partial charge in [0.15, 0.2) is 0 Å². The molecule has 2 heteroatoms. The second-order valence-electron chi connectivity index (χ2n) is 5.09. The van der Waals surface area contributed by atoms with Crippen LogP contribution in [0.4, 0.5) is 0 Å². The van der Waals surface area contributed by atoms with Crippen molar-refractivity contribution in [1.82, 2.24) is 5.32 Å². The first-order valence-electron chi connectivity index (χ1n) is 6.86. The zero-order valence-corrected chi connectivity index (χ0v) is 12.0. The lowest BCUT2D eigenvalue weighted by atomic mass is 10.1. The van der Waals surface area contributed by atoms with Crippen LogP contribution in [0, 0.1) is 0 Å². The van der Waals surface area contributed by atoms with Crippen LogP contribution in [-0.2, 0) is 6.42 Å². The van der Waals surface area contributed by atoms with Crippen LogP contribution in [0.25, 0.3) is 0 Å². The molecule has 98 valence electrons. The van der Waals surface area contributed by atoms with E-state index in [1.165, 1.54) is 22.4 Å². The van der Waals surface area contributed by atoms with E-state index in [-0.39, 0.29) is 0 Å². The van der Waals surface area contributed by atoms with Gasteiger partial charge in [-0.3, -0.25) is 0 Å². The van der Waals surface area contributed by atoms with Gasteiger partial charge in [-0.1, -0.05) is 48.5 Å². The number of nitrogens with one attached hydrogen (secondary N) is 1. The van der Waals surface area contributed by atoms with Crippen molar-refractivity contribution in [3.63, 3.8) is 0 Å². The fourth-order valence-electron chi connectivity index (χ4n) is 2.54. The lowest BCUT2D eigenvalue weighted by molar-refractivity contribution is 0.567. The van der Waals surface area contributed by atoms with Gasteiger partial charge in [-0.2, -0.15) is 0 Å². The van der Waals surface area contributed by atoms with Gasteiger partial charge in [-0.15, -0.1) is 11.8 Å². The first-order chi connectivity index (χ1) is 9.33. The molecule has 0 saturated heterocycles. The maximum Gasteiger partial charge on any atom is 0.0292 e. The summed E-state index contributed by atoms with van der Waals surface area (Å²) in [5.41, 5.74) is 2.87. The number of benzene rings is 2. The molecule has 0 saturated carbocycles. The summed E-state index contributed by atoms with van der Waals surface area (Å²) in [4.78, 5) is 1.46. The normalized spacial score (nSPS) is 19.1. The summed E-state index contributed by atoms with van der Waals surface area (Å²) in [6.45, 7) is 3.30. The maximum atomic E-state index is 3.65. The number of thioether (sulfide) groups is 1. The van der Waals surface area contributed by atoms with E-state index in [0.29, 0.717) is 11.3 Å². The average Bonchev–Trinajstić information content (AvgIpc) is 2.88. The molecule has 3 rings (SSSR count). The Kier molecular flexibility index (Phi) is 3.90. The Balaban J connectivity index is 1.55. The quantitative estimate of drug-likeness (QED) is 0.898. The van der Waals surface area contributed by atoms with E-state index in [4.69, 9.17) is 0 Å². The SMILES string of the molecule is C[C@@H](NCC1Cc2ccccc2S1)c1ccccc1. The van der Waals surface area contributed by atoms with Crippen LogP contribution >= 0.6 is 11.8 Å². The van der Waals surface area contributed by atoms with E-state index in [0.717, 1.165) is 6.54 Å². The van der Waals surface area contributed by atoms with Crippen LogP contribution in [0.5, 0.6) is 0 Å². The monoisotopic (exact) mass is 269 g/mol. The van der Waals surface area contributed by atoms with Gasteiger partial charge in [0.25, 0.3) is 0 Å². The topological polar surface area (TPSA) is 12.0 Å². The first kappa shape index (κ1) is 12.8. The minimum Gasteiger partial charge on any atom is -0.309 e. The van der Waals surface area contributed by atoms with Crippen molar-refractivity contribution in [1.29, 1.82) is 0 Å². The molecule has 2 atom stereocenters. The summed E-state index contributed by atoms with van der Waals surface area (Å²) in [6, 6.07) is 19.8. The maximum absolute atomic E-state index is 3.65. The third-order valence-electron chi connectivity index (χ3n) is 3.67. The Morgan fingerprint density at radius 1 is 1.11 bits per heavy atom. The molecule has 0 bridgehead atoms. The van der Waals surface area contributed by atoms with Gasteiger partial charge in [0.1, 0.15) is 0 Å². The Morgan fingerprint density at radius 3 is 2.63 bits per heavy atom. The molecule has 1 unspecified atom stereocenters. The summed E-state index contributed by atoms with van der Waals surface area (Å²) in [7, 11) is 0. The van der Waals surface area contributed by atoms with Gasteiger partial charge in [0.2, 0.25) is 0 Å². The Bertz CT molecular complexity index is 513. The molecular formula is C17H19NS. The second kappa shape index (κ2) is 5.81. The Labute approximate surface area is 119 Å². The van der Waals surface area contributed by atoms with Crippen LogP contribution in [0.1, 0.15) is 24.1 Å². The van der Waals surface area contributed by atoms with Crippen molar-refractivity contribution < 1.29 is 0 Å². The summed E-state index contributed by atoms with van der Waals surface area (Å²) >= 11 is 2.01. The van der Waals surface area contributed by atoms with Crippen LogP contribution in [-0.4, -0.2) is 11.8 Å². The van der Waals surface area contributed by atoms with Gasteiger partial charge in [0, 0.05) is 22.7 Å². The molecule has 0 radical (unpaired) electrons. The lowest BCUT2D eigenvalue weighted by Gasteiger charge is -2.17. The zero-order valence-electron chi connectivity index (χ0n) is 11.2. The van der Waals surface area contributed by atoms with Crippen molar-refractivity contribution in [2.45, 2.75) is 29.5 Å². The van der Waals surface area contributed by atoms with Crippen molar-refractivity contribution >= 4 is 11.8 Å². The fraction of sp³-hybridized carbons (Fsp3) is 0.294. The summed E-state index contributed by atoms with van der Waals surface area (Å²) in [5, 5.41) is 4.32. The molecule has 1 N–H and O–H groups in total. The fourth-order valence-corrected chi connectivity index (χ4v) is 3.80. The van der Waals surface area contributed by atoms with Gasteiger partial charge >= 0.3 is 0 Å². The molecule has 1 heterocycles. The summed E-state index contributed by atoms with van der Waals surface area (Å²) in [6.07, 6.45) is 1.19. The number of hydrogen-bond acceptors (Lipinski definition) is 2. The Hall–Kier alpha value is -1.25. The minimum absolute atomic E-state index is 0.422. The standard InChI is InChI=1S/C17H19NS/c1-13(14-7-3-2-4-8-14)18-12-16-11-15-9-5-6-10-17(15)19-16/h2-10,13,16,18H,11-12H2,1H3/t13-,16?/m1/s1. The highest BCUT2D eigenvalue weighted by atomic mass is 32.2. The van der Waals surface area contributed by atoms with E-state index in [9.17, 15) is 0 Å². The number of rotatable bonds is 4. The largest absolute Gasteiger partial charge is 0.309 e. The van der Waals surface area contributed by atoms with Crippen molar-refractivity contribution in [2.24, 2.45) is 0 Å². The molecule has 2 aromatic carbocycles. The van der Waals surface area contributed by atoms with Gasteiger partial charge in [0.05, 0.1) is 0 Å².